The van der Waals surface area contributed by atoms with Crippen LogP contribution in [0.3, 0.4) is 0 Å². The van der Waals surface area contributed by atoms with Gasteiger partial charge in [0.25, 0.3) is 0 Å². The van der Waals surface area contributed by atoms with Crippen LogP contribution >= 0.6 is 11.3 Å². The van der Waals surface area contributed by atoms with Crippen LogP contribution in [-0.2, 0) is 0 Å². The van der Waals surface area contributed by atoms with Gasteiger partial charge in [0.1, 0.15) is 11.2 Å². The van der Waals surface area contributed by atoms with Crippen molar-refractivity contribution in [1.82, 2.24) is 24.9 Å². The molecule has 0 aliphatic carbocycles. The number of hydrogen-bond donors (Lipinski definition) is 0. The number of hydrogen-bond acceptors (Lipinski definition) is 7. The molecule has 0 saturated heterocycles. The lowest BCUT2D eigenvalue weighted by molar-refractivity contribution is 0.669. The minimum absolute atomic E-state index is 0.547. The van der Waals surface area contributed by atoms with Crippen LogP contribution in [0.5, 0.6) is 0 Å². The molecule has 0 unspecified atom stereocenters. The normalized spacial score (nSPS) is 11.4. The third-order valence-electron chi connectivity index (χ3n) is 10.4. The van der Waals surface area contributed by atoms with Crippen molar-refractivity contribution in [3.05, 3.63) is 181 Å². The van der Waals surface area contributed by atoms with E-state index in [0.29, 0.717) is 29.0 Å². The molecule has 11 aromatic rings. The van der Waals surface area contributed by atoms with Gasteiger partial charge in [-0.3, -0.25) is 0 Å². The zero-order chi connectivity index (χ0) is 38.6. The van der Waals surface area contributed by atoms with Gasteiger partial charge >= 0.3 is 0 Å². The van der Waals surface area contributed by atoms with E-state index in [1.807, 2.05) is 109 Å². The number of benzene rings is 7. The van der Waals surface area contributed by atoms with Crippen molar-refractivity contribution in [2.45, 2.75) is 0 Å². The molecule has 0 spiro atoms. The third kappa shape index (κ3) is 5.77. The number of fused-ring (bicyclic) bond motifs is 6. The molecule has 0 aliphatic heterocycles. The Bertz CT molecular complexity index is 3390. The van der Waals surface area contributed by atoms with Gasteiger partial charge in [-0.05, 0) is 35.4 Å². The Kier molecular flexibility index (Phi) is 7.91. The average Bonchev–Trinajstić information content (AvgIpc) is 3.87. The summed E-state index contributed by atoms with van der Waals surface area (Å²) in [6, 6.07) is 56.7. The zero-order valence-corrected chi connectivity index (χ0v) is 31.5. The Morgan fingerprint density at radius 3 is 1.79 bits per heavy atom. The van der Waals surface area contributed by atoms with Crippen LogP contribution < -0.4 is 0 Å². The second-order valence-electron chi connectivity index (χ2n) is 13.9. The first kappa shape index (κ1) is 33.5. The van der Waals surface area contributed by atoms with Crippen LogP contribution in [0.15, 0.2) is 174 Å². The number of furan rings is 1. The molecule has 11 rings (SSSR count). The molecule has 0 saturated carbocycles. The first-order valence-corrected chi connectivity index (χ1v) is 19.6. The molecule has 0 aliphatic rings. The number of rotatable bonds is 6. The van der Waals surface area contributed by atoms with E-state index in [4.69, 9.17) is 35.9 Å². The first-order chi connectivity index (χ1) is 28.7. The lowest BCUT2D eigenvalue weighted by Crippen LogP contribution is -2.00. The quantitative estimate of drug-likeness (QED) is 0.157. The Labute approximate surface area is 336 Å². The van der Waals surface area contributed by atoms with Gasteiger partial charge in [-0.2, -0.15) is 0 Å². The predicted molar refractivity (Wildman–Crippen MR) is 234 cm³/mol. The summed E-state index contributed by atoms with van der Waals surface area (Å²) in [4.78, 5) is 29.0. The summed E-state index contributed by atoms with van der Waals surface area (Å²) in [6.07, 6.45) is 0. The molecule has 0 radical (unpaired) electrons. The fourth-order valence-electron chi connectivity index (χ4n) is 7.54. The summed E-state index contributed by atoms with van der Waals surface area (Å²) < 4.78 is 8.84. The molecular weight excluding hydrogens is 733 g/mol. The monoisotopic (exact) mass is 760 g/mol. The SMILES string of the molecule is [C-]#[N+]c1ccc(-c2ccc(-c3nc(-c4ccccc4)nc(-c4cccc5oc6cc(-c7nc(-c8ccccc8)c8sc9ccccc9c8n7)ccc6c45)n3)cc2)cc1. The van der Waals surface area contributed by atoms with E-state index in [1.54, 1.807) is 11.3 Å². The lowest BCUT2D eigenvalue weighted by atomic mass is 10.0. The molecule has 4 heterocycles. The van der Waals surface area contributed by atoms with Crippen LogP contribution in [0.2, 0.25) is 0 Å². The Morgan fingerprint density at radius 2 is 1.05 bits per heavy atom. The van der Waals surface area contributed by atoms with Crippen LogP contribution in [0, 0.1) is 6.57 Å². The summed E-state index contributed by atoms with van der Waals surface area (Å²) >= 11 is 1.72. The molecule has 0 bridgehead atoms. The average molecular weight is 761 g/mol. The molecule has 7 aromatic carbocycles. The van der Waals surface area contributed by atoms with Gasteiger partial charge < -0.3 is 4.42 Å². The zero-order valence-electron chi connectivity index (χ0n) is 30.7. The van der Waals surface area contributed by atoms with Gasteiger partial charge in [-0.15, -0.1) is 11.3 Å². The lowest BCUT2D eigenvalue weighted by Gasteiger charge is -2.10. The highest BCUT2D eigenvalue weighted by Crippen LogP contribution is 2.41. The van der Waals surface area contributed by atoms with Gasteiger partial charge in [-0.25, -0.2) is 29.8 Å². The highest BCUT2D eigenvalue weighted by molar-refractivity contribution is 7.26. The minimum Gasteiger partial charge on any atom is -0.456 e. The van der Waals surface area contributed by atoms with Crippen molar-refractivity contribution in [2.24, 2.45) is 0 Å². The number of thiophene rings is 1. The molecule has 8 heteroatoms. The van der Waals surface area contributed by atoms with Crippen molar-refractivity contribution < 1.29 is 4.42 Å². The molecule has 0 atom stereocenters. The summed E-state index contributed by atoms with van der Waals surface area (Å²) in [7, 11) is 0. The van der Waals surface area contributed by atoms with E-state index >= 15 is 0 Å². The molecule has 7 nitrogen and oxygen atoms in total. The molecular formula is C50H28N6OS. The minimum atomic E-state index is 0.547. The molecule has 4 aromatic heterocycles. The molecule has 0 N–H and O–H groups in total. The van der Waals surface area contributed by atoms with Gasteiger partial charge in [-0.1, -0.05) is 146 Å². The van der Waals surface area contributed by atoms with E-state index in [0.717, 1.165) is 82.2 Å². The van der Waals surface area contributed by atoms with Crippen molar-refractivity contribution in [2.75, 3.05) is 0 Å². The Morgan fingerprint density at radius 1 is 0.448 bits per heavy atom. The smallest absolute Gasteiger partial charge is 0.187 e. The van der Waals surface area contributed by atoms with Gasteiger partial charge in [0.15, 0.2) is 29.0 Å². The van der Waals surface area contributed by atoms with Crippen LogP contribution in [0.25, 0.3) is 115 Å². The topological polar surface area (TPSA) is 82.0 Å². The second-order valence-corrected chi connectivity index (χ2v) is 15.0. The first-order valence-electron chi connectivity index (χ1n) is 18.8. The maximum absolute atomic E-state index is 7.28. The van der Waals surface area contributed by atoms with Crippen molar-refractivity contribution >= 4 is 59.3 Å². The van der Waals surface area contributed by atoms with Gasteiger partial charge in [0, 0.05) is 48.7 Å². The third-order valence-corrected chi connectivity index (χ3v) is 11.6. The molecule has 0 fully saturated rings. The van der Waals surface area contributed by atoms with Crippen LogP contribution in [-0.4, -0.2) is 24.9 Å². The molecule has 58 heavy (non-hydrogen) atoms. The highest BCUT2D eigenvalue weighted by Gasteiger charge is 2.20. The van der Waals surface area contributed by atoms with Crippen LogP contribution in [0.4, 0.5) is 5.69 Å². The van der Waals surface area contributed by atoms with E-state index in [2.05, 4.69) is 65.5 Å². The van der Waals surface area contributed by atoms with Crippen molar-refractivity contribution in [1.29, 1.82) is 0 Å². The number of aromatic nitrogens is 5. The standard InChI is InChI=1S/C50H28N6OS/c1-51-36-26-23-31(24-27-36)30-19-21-34(22-20-30)48-54-47(33-13-6-3-7-14-33)55-50(56-48)39-16-10-17-40-43(39)37-28-25-35(29-41(37)57-40)49-52-44(32-11-4-2-5-12-32)46-45(53-49)38-15-8-9-18-42(38)58-46/h2-29H. The van der Waals surface area contributed by atoms with E-state index in [1.165, 1.54) is 4.70 Å². The van der Waals surface area contributed by atoms with Crippen molar-refractivity contribution in [3.63, 3.8) is 0 Å². The molecule has 270 valence electrons. The number of nitrogens with zero attached hydrogens (tertiary/aromatic N) is 6. The Hall–Kier alpha value is -7.86. The highest BCUT2D eigenvalue weighted by atomic mass is 32.1. The fraction of sp³-hybridized carbons (Fsp3) is 0. The Balaban J connectivity index is 1.04. The van der Waals surface area contributed by atoms with E-state index in [9.17, 15) is 0 Å². The fourth-order valence-corrected chi connectivity index (χ4v) is 8.70. The maximum atomic E-state index is 7.28. The van der Waals surface area contributed by atoms with Gasteiger partial charge in [0.2, 0.25) is 0 Å². The summed E-state index contributed by atoms with van der Waals surface area (Å²) in [6.45, 7) is 7.28. The largest absolute Gasteiger partial charge is 0.456 e. The van der Waals surface area contributed by atoms with E-state index in [-0.39, 0.29) is 0 Å². The van der Waals surface area contributed by atoms with Gasteiger partial charge in [0.05, 0.1) is 22.5 Å². The second kappa shape index (κ2) is 13.7. The maximum Gasteiger partial charge on any atom is 0.187 e. The van der Waals surface area contributed by atoms with Crippen molar-refractivity contribution in [3.8, 4) is 67.9 Å². The summed E-state index contributed by atoms with van der Waals surface area (Å²) in [5, 5.41) is 2.98. The predicted octanol–water partition coefficient (Wildman–Crippen LogP) is 13.5. The van der Waals surface area contributed by atoms with E-state index < -0.39 is 0 Å². The van der Waals surface area contributed by atoms with Crippen LogP contribution in [0.1, 0.15) is 0 Å². The summed E-state index contributed by atoms with van der Waals surface area (Å²) in [5.41, 5.74) is 10.5. The summed E-state index contributed by atoms with van der Waals surface area (Å²) in [5.74, 6) is 2.33. The molecule has 0 amide bonds.